The van der Waals surface area contributed by atoms with Crippen LogP contribution in [0.25, 0.3) is 10.9 Å². The molecule has 0 aliphatic carbocycles. The van der Waals surface area contributed by atoms with Crippen LogP contribution in [0.2, 0.25) is 0 Å². The summed E-state index contributed by atoms with van der Waals surface area (Å²) in [6.07, 6.45) is 4.80. The topological polar surface area (TPSA) is 50.7 Å². The summed E-state index contributed by atoms with van der Waals surface area (Å²) >= 11 is 0. The monoisotopic (exact) mass is 343 g/mol. The molecule has 2 aromatic carbocycles. The fraction of sp³-hybridized carbons (Fsp3) is 0.182. The smallest absolute Gasteiger partial charge is 0.165 e. The minimum Gasteiger partial charge on any atom is -0.348 e. The van der Waals surface area contributed by atoms with Crippen LogP contribution in [-0.2, 0) is 13.0 Å². The molecule has 0 aliphatic rings. The number of carbonyl (C=O) groups excluding carboxylic acids is 1. The number of aromatic nitrogens is 3. The van der Waals surface area contributed by atoms with E-state index in [1.165, 1.54) is 5.56 Å². The standard InChI is InChI=1S/C22H21N3O/c1-16-20(24-15-23-16)11-12-22(26)19-14-25(13-17-7-3-2-4-8-17)21-10-6-5-9-18(19)21/h2-10,14-15H,11-13H2,1H3,(H,23,24). The van der Waals surface area contributed by atoms with Gasteiger partial charge >= 0.3 is 0 Å². The third-order valence-corrected chi connectivity index (χ3v) is 4.81. The highest BCUT2D eigenvalue weighted by Crippen LogP contribution is 2.24. The molecular weight excluding hydrogens is 322 g/mol. The number of benzene rings is 2. The van der Waals surface area contributed by atoms with E-state index in [1.807, 2.05) is 49.5 Å². The summed E-state index contributed by atoms with van der Waals surface area (Å²) in [7, 11) is 0. The Morgan fingerprint density at radius 2 is 1.85 bits per heavy atom. The zero-order chi connectivity index (χ0) is 17.9. The SMILES string of the molecule is Cc1[nH]cnc1CCC(=O)c1cn(Cc2ccccc2)c2ccccc12. The van der Waals surface area contributed by atoms with Crippen molar-refractivity contribution in [3.05, 3.63) is 89.6 Å². The Kier molecular flexibility index (Phi) is 4.40. The van der Waals surface area contributed by atoms with Gasteiger partial charge in [0.25, 0.3) is 0 Å². The van der Waals surface area contributed by atoms with E-state index in [9.17, 15) is 4.79 Å². The summed E-state index contributed by atoms with van der Waals surface area (Å²) in [5.41, 5.74) is 5.11. The number of para-hydroxylation sites is 1. The number of H-pyrrole nitrogens is 1. The predicted octanol–water partition coefficient (Wildman–Crippen LogP) is 4.54. The molecule has 0 atom stereocenters. The molecule has 4 rings (SSSR count). The summed E-state index contributed by atoms with van der Waals surface area (Å²) in [5, 5.41) is 1.02. The average molecular weight is 343 g/mol. The summed E-state index contributed by atoms with van der Waals surface area (Å²) in [5.74, 6) is 0.162. The van der Waals surface area contributed by atoms with Crippen molar-refractivity contribution < 1.29 is 4.79 Å². The zero-order valence-corrected chi connectivity index (χ0v) is 14.8. The van der Waals surface area contributed by atoms with Crippen LogP contribution < -0.4 is 0 Å². The lowest BCUT2D eigenvalue weighted by Crippen LogP contribution is -2.02. The Bertz CT molecular complexity index is 1040. The van der Waals surface area contributed by atoms with Crippen LogP contribution in [0.3, 0.4) is 0 Å². The summed E-state index contributed by atoms with van der Waals surface area (Å²) in [4.78, 5) is 20.2. The first-order chi connectivity index (χ1) is 12.7. The highest BCUT2D eigenvalue weighted by molar-refractivity contribution is 6.08. The fourth-order valence-corrected chi connectivity index (χ4v) is 3.39. The van der Waals surface area contributed by atoms with Gasteiger partial charge in [0, 0.05) is 41.3 Å². The average Bonchev–Trinajstić information content (AvgIpc) is 3.25. The van der Waals surface area contributed by atoms with Gasteiger partial charge in [-0.05, 0) is 25.0 Å². The quantitative estimate of drug-likeness (QED) is 0.523. The van der Waals surface area contributed by atoms with Crippen molar-refractivity contribution in [3.63, 3.8) is 0 Å². The molecule has 0 spiro atoms. The summed E-state index contributed by atoms with van der Waals surface area (Å²) < 4.78 is 2.16. The van der Waals surface area contributed by atoms with E-state index in [0.717, 1.165) is 34.4 Å². The first-order valence-electron chi connectivity index (χ1n) is 8.86. The molecule has 4 nitrogen and oxygen atoms in total. The number of hydrogen-bond donors (Lipinski definition) is 1. The number of hydrogen-bond acceptors (Lipinski definition) is 2. The lowest BCUT2D eigenvalue weighted by atomic mass is 10.0. The number of Topliss-reactive ketones (excluding diaryl/α,β-unsaturated/α-hetero) is 1. The molecule has 0 saturated carbocycles. The van der Waals surface area contributed by atoms with E-state index in [2.05, 4.69) is 32.7 Å². The third-order valence-electron chi connectivity index (χ3n) is 4.81. The molecule has 0 unspecified atom stereocenters. The highest BCUT2D eigenvalue weighted by atomic mass is 16.1. The summed E-state index contributed by atoms with van der Waals surface area (Å²) in [6.45, 7) is 2.74. The van der Waals surface area contributed by atoms with E-state index in [4.69, 9.17) is 0 Å². The molecule has 26 heavy (non-hydrogen) atoms. The Balaban J connectivity index is 1.62. The van der Waals surface area contributed by atoms with Crippen molar-refractivity contribution in [2.24, 2.45) is 0 Å². The second-order valence-corrected chi connectivity index (χ2v) is 6.57. The molecule has 130 valence electrons. The first kappa shape index (κ1) is 16.3. The molecule has 4 aromatic rings. The van der Waals surface area contributed by atoms with Gasteiger partial charge in [0.1, 0.15) is 0 Å². The van der Waals surface area contributed by atoms with E-state index >= 15 is 0 Å². The number of carbonyl (C=O) groups is 1. The van der Waals surface area contributed by atoms with Crippen LogP contribution in [0.4, 0.5) is 0 Å². The molecule has 4 heteroatoms. The van der Waals surface area contributed by atoms with Crippen LogP contribution in [0.1, 0.15) is 33.7 Å². The van der Waals surface area contributed by atoms with Gasteiger partial charge in [-0.1, -0.05) is 48.5 Å². The Morgan fingerprint density at radius 1 is 1.08 bits per heavy atom. The van der Waals surface area contributed by atoms with Crippen molar-refractivity contribution in [1.29, 1.82) is 0 Å². The molecular formula is C22H21N3O. The van der Waals surface area contributed by atoms with Gasteiger partial charge in [0.05, 0.1) is 12.0 Å². The maximum absolute atomic E-state index is 12.9. The summed E-state index contributed by atoms with van der Waals surface area (Å²) in [6, 6.07) is 18.4. The van der Waals surface area contributed by atoms with Crippen molar-refractivity contribution in [3.8, 4) is 0 Å². The number of aromatic amines is 1. The molecule has 0 aliphatic heterocycles. The van der Waals surface area contributed by atoms with Crippen LogP contribution in [0, 0.1) is 6.92 Å². The molecule has 2 aromatic heterocycles. The first-order valence-corrected chi connectivity index (χ1v) is 8.86. The van der Waals surface area contributed by atoms with Gasteiger partial charge in [-0.25, -0.2) is 4.98 Å². The van der Waals surface area contributed by atoms with Gasteiger partial charge in [-0.3, -0.25) is 4.79 Å². The van der Waals surface area contributed by atoms with Crippen LogP contribution in [0.5, 0.6) is 0 Å². The predicted molar refractivity (Wildman–Crippen MR) is 103 cm³/mol. The van der Waals surface area contributed by atoms with E-state index in [1.54, 1.807) is 6.33 Å². The highest BCUT2D eigenvalue weighted by Gasteiger charge is 2.16. The Labute approximate surface area is 152 Å². The number of ketones is 1. The maximum atomic E-state index is 12.9. The minimum atomic E-state index is 0.162. The number of nitrogens with one attached hydrogen (secondary N) is 1. The van der Waals surface area contributed by atoms with Gasteiger partial charge in [-0.2, -0.15) is 0 Å². The van der Waals surface area contributed by atoms with Gasteiger partial charge in [0.15, 0.2) is 5.78 Å². The molecule has 0 amide bonds. The zero-order valence-electron chi connectivity index (χ0n) is 14.8. The second kappa shape index (κ2) is 7.00. The van der Waals surface area contributed by atoms with Crippen molar-refractivity contribution in [2.75, 3.05) is 0 Å². The number of fused-ring (bicyclic) bond motifs is 1. The molecule has 0 fully saturated rings. The maximum Gasteiger partial charge on any atom is 0.165 e. The Hall–Kier alpha value is -3.14. The van der Waals surface area contributed by atoms with E-state index < -0.39 is 0 Å². The number of nitrogens with zero attached hydrogens (tertiary/aromatic N) is 2. The van der Waals surface area contributed by atoms with Crippen LogP contribution in [-0.4, -0.2) is 20.3 Å². The Morgan fingerprint density at radius 3 is 2.62 bits per heavy atom. The molecule has 0 bridgehead atoms. The van der Waals surface area contributed by atoms with Gasteiger partial charge in [-0.15, -0.1) is 0 Å². The molecule has 2 heterocycles. The lowest BCUT2D eigenvalue weighted by molar-refractivity contribution is 0.0984. The molecule has 1 N–H and O–H groups in total. The van der Waals surface area contributed by atoms with E-state index in [0.29, 0.717) is 12.8 Å². The molecule has 0 saturated heterocycles. The van der Waals surface area contributed by atoms with Gasteiger partial charge in [0.2, 0.25) is 0 Å². The molecule has 0 radical (unpaired) electrons. The third kappa shape index (κ3) is 3.18. The largest absolute Gasteiger partial charge is 0.348 e. The second-order valence-electron chi connectivity index (χ2n) is 6.57. The number of rotatable bonds is 6. The van der Waals surface area contributed by atoms with Crippen LogP contribution in [0.15, 0.2) is 67.1 Å². The lowest BCUT2D eigenvalue weighted by Gasteiger charge is -2.05. The van der Waals surface area contributed by atoms with Crippen LogP contribution >= 0.6 is 0 Å². The van der Waals surface area contributed by atoms with Gasteiger partial charge < -0.3 is 9.55 Å². The normalized spacial score (nSPS) is 11.1. The minimum absolute atomic E-state index is 0.162. The van der Waals surface area contributed by atoms with E-state index in [-0.39, 0.29) is 5.78 Å². The van der Waals surface area contributed by atoms with Crippen molar-refractivity contribution in [1.82, 2.24) is 14.5 Å². The van der Waals surface area contributed by atoms with Crippen molar-refractivity contribution >= 4 is 16.7 Å². The number of aryl methyl sites for hydroxylation is 2. The number of imidazole rings is 1. The fourth-order valence-electron chi connectivity index (χ4n) is 3.39. The van der Waals surface area contributed by atoms with Crippen molar-refractivity contribution in [2.45, 2.75) is 26.3 Å².